The number of rotatable bonds is 50. The van der Waals surface area contributed by atoms with Gasteiger partial charge in [0.2, 0.25) is 0 Å². The van der Waals surface area contributed by atoms with Crippen LogP contribution in [0.15, 0.2) is 48.6 Å². The summed E-state index contributed by atoms with van der Waals surface area (Å²) in [5, 5.41) is 31.5. The molecule has 1 aliphatic rings. The molecule has 0 spiro atoms. The molecule has 0 aliphatic carbocycles. The van der Waals surface area contributed by atoms with Gasteiger partial charge >= 0.3 is 23.9 Å². The molecule has 0 bridgehead atoms. The number of hydrogen-bond donors (Lipinski definition) is 3. The van der Waals surface area contributed by atoms with Gasteiger partial charge in [-0.2, -0.15) is 0 Å². The first-order valence-corrected chi connectivity index (χ1v) is 29.6. The summed E-state index contributed by atoms with van der Waals surface area (Å²) in [6.45, 7) is 5.84. The van der Waals surface area contributed by atoms with Gasteiger partial charge in [-0.1, -0.05) is 217 Å². The lowest BCUT2D eigenvalue weighted by Gasteiger charge is -2.40. The molecule has 1 fully saturated rings. The van der Waals surface area contributed by atoms with Gasteiger partial charge in [0.05, 0.1) is 6.61 Å². The smallest absolute Gasteiger partial charge is 0.335 e. The van der Waals surface area contributed by atoms with Crippen LogP contribution in [0.5, 0.6) is 0 Å². The van der Waals surface area contributed by atoms with Gasteiger partial charge in [-0.25, -0.2) is 4.79 Å². The number of esters is 3. The summed E-state index contributed by atoms with van der Waals surface area (Å²) < 4.78 is 28.4. The third-order valence-corrected chi connectivity index (χ3v) is 13.4. The molecule has 0 amide bonds. The molecule has 12 heteroatoms. The van der Waals surface area contributed by atoms with E-state index in [0.29, 0.717) is 19.3 Å². The summed E-state index contributed by atoms with van der Waals surface area (Å²) >= 11 is 0. The largest absolute Gasteiger partial charge is 0.479 e. The highest BCUT2D eigenvalue weighted by atomic mass is 16.7. The fraction of sp³-hybridized carbons (Fsp3) is 0.803. The average molecular weight is 1030 g/mol. The molecule has 0 radical (unpaired) electrons. The van der Waals surface area contributed by atoms with E-state index in [1.165, 1.54) is 103 Å². The number of carboxylic acid groups (broad SMARTS) is 1. The second-order valence-corrected chi connectivity index (χ2v) is 20.3. The van der Waals surface area contributed by atoms with Crippen LogP contribution in [0.2, 0.25) is 0 Å². The van der Waals surface area contributed by atoms with E-state index in [1.54, 1.807) is 0 Å². The van der Waals surface area contributed by atoms with E-state index in [2.05, 4.69) is 69.4 Å². The van der Waals surface area contributed by atoms with Crippen LogP contribution < -0.4 is 0 Å². The molecular weight excluding hydrogens is 925 g/mol. The minimum atomic E-state index is -1.90. The molecule has 0 aromatic carbocycles. The predicted octanol–water partition coefficient (Wildman–Crippen LogP) is 15.0. The number of hydrogen-bond acceptors (Lipinski definition) is 11. The molecule has 6 atom stereocenters. The SMILES string of the molecule is CC/C=C\C/C=C\C/C=C\CCCCCC(=O)OCC(COC1OC(C(=O)O)C(O)C(O)C1OC(=O)CCCCCCCCCCCCCCCCCCC)OC(=O)CCCCCCC/C=C\CCCCCC. The summed E-state index contributed by atoms with van der Waals surface area (Å²) in [5.41, 5.74) is 0. The molecule has 73 heavy (non-hydrogen) atoms. The summed E-state index contributed by atoms with van der Waals surface area (Å²) in [5.74, 6) is -3.15. The highest BCUT2D eigenvalue weighted by molar-refractivity contribution is 5.74. The second-order valence-electron chi connectivity index (χ2n) is 20.3. The van der Waals surface area contributed by atoms with Crippen LogP contribution in [0, 0.1) is 0 Å². The van der Waals surface area contributed by atoms with Gasteiger partial charge in [-0.05, 0) is 77.0 Å². The van der Waals surface area contributed by atoms with Crippen molar-refractivity contribution in [2.45, 2.75) is 302 Å². The van der Waals surface area contributed by atoms with Crippen molar-refractivity contribution >= 4 is 23.9 Å². The Morgan fingerprint density at radius 1 is 0.466 bits per heavy atom. The lowest BCUT2D eigenvalue weighted by Crippen LogP contribution is -2.61. The van der Waals surface area contributed by atoms with Crippen LogP contribution in [0.1, 0.15) is 265 Å². The van der Waals surface area contributed by atoms with Crippen molar-refractivity contribution in [1.82, 2.24) is 0 Å². The minimum Gasteiger partial charge on any atom is -0.479 e. The summed E-state index contributed by atoms with van der Waals surface area (Å²) in [7, 11) is 0. The van der Waals surface area contributed by atoms with Gasteiger partial charge in [-0.3, -0.25) is 14.4 Å². The molecule has 1 heterocycles. The fourth-order valence-corrected chi connectivity index (χ4v) is 8.85. The Morgan fingerprint density at radius 3 is 1.36 bits per heavy atom. The zero-order valence-electron chi connectivity index (χ0n) is 46.4. The standard InChI is InChI=1S/C61H106O12/c1-4-7-10-13-16-19-22-25-26-27-28-31-34-37-40-43-46-49-55(64)72-59-57(66)56(65)58(60(67)68)73-61(59)70-51-52(71-54(63)48-45-42-39-36-33-30-24-21-18-15-12-9-6-3)50-69-53(62)47-44-41-38-35-32-29-23-20-17-14-11-8-5-2/h8,11,17,20-21,24,29,32,52,56-59,61,65-66H,4-7,9-10,12-16,18-19,22-23,25-28,30-31,33-51H2,1-3H3,(H,67,68)/b11-8-,20-17-,24-21-,32-29-. The van der Waals surface area contributed by atoms with Crippen molar-refractivity contribution in [2.75, 3.05) is 13.2 Å². The Kier molecular flexibility index (Phi) is 45.9. The zero-order chi connectivity index (χ0) is 53.3. The quantitative estimate of drug-likeness (QED) is 0.0228. The predicted molar refractivity (Wildman–Crippen MR) is 294 cm³/mol. The van der Waals surface area contributed by atoms with Gasteiger partial charge in [0.15, 0.2) is 24.6 Å². The van der Waals surface area contributed by atoms with Gasteiger partial charge in [0.1, 0.15) is 18.8 Å². The fourth-order valence-electron chi connectivity index (χ4n) is 8.85. The van der Waals surface area contributed by atoms with Crippen LogP contribution in [-0.4, -0.2) is 89.2 Å². The first kappa shape index (κ1) is 67.7. The minimum absolute atomic E-state index is 0.0607. The maximum atomic E-state index is 13.1. The molecule has 422 valence electrons. The van der Waals surface area contributed by atoms with Crippen LogP contribution in [0.4, 0.5) is 0 Å². The monoisotopic (exact) mass is 1030 g/mol. The van der Waals surface area contributed by atoms with Crippen LogP contribution >= 0.6 is 0 Å². The van der Waals surface area contributed by atoms with E-state index < -0.39 is 67.3 Å². The first-order valence-electron chi connectivity index (χ1n) is 29.6. The van der Waals surface area contributed by atoms with Gasteiger partial charge < -0.3 is 39.0 Å². The number of carbonyl (C=O) groups excluding carboxylic acids is 3. The third-order valence-electron chi connectivity index (χ3n) is 13.4. The summed E-state index contributed by atoms with van der Waals surface area (Å²) in [4.78, 5) is 51.1. The topological polar surface area (TPSA) is 175 Å². The van der Waals surface area contributed by atoms with Crippen molar-refractivity contribution in [3.05, 3.63) is 48.6 Å². The van der Waals surface area contributed by atoms with Crippen molar-refractivity contribution in [2.24, 2.45) is 0 Å². The van der Waals surface area contributed by atoms with E-state index in [-0.39, 0.29) is 25.9 Å². The van der Waals surface area contributed by atoms with Crippen molar-refractivity contribution in [3.63, 3.8) is 0 Å². The average Bonchev–Trinajstić information content (AvgIpc) is 3.37. The Hall–Kier alpha value is -3.32. The molecule has 6 unspecified atom stereocenters. The molecule has 12 nitrogen and oxygen atoms in total. The number of aliphatic hydroxyl groups excluding tert-OH is 2. The van der Waals surface area contributed by atoms with E-state index >= 15 is 0 Å². The lowest BCUT2D eigenvalue weighted by atomic mass is 9.98. The van der Waals surface area contributed by atoms with E-state index in [9.17, 15) is 34.5 Å². The maximum Gasteiger partial charge on any atom is 0.335 e. The number of aliphatic hydroxyl groups is 2. The van der Waals surface area contributed by atoms with Gasteiger partial charge in [0, 0.05) is 19.3 Å². The van der Waals surface area contributed by atoms with Crippen molar-refractivity contribution < 1.29 is 58.2 Å². The molecule has 3 N–H and O–H groups in total. The van der Waals surface area contributed by atoms with Gasteiger partial charge in [-0.15, -0.1) is 0 Å². The molecule has 1 rings (SSSR count). The van der Waals surface area contributed by atoms with Crippen molar-refractivity contribution in [1.29, 1.82) is 0 Å². The number of carboxylic acids is 1. The Labute approximate surface area is 443 Å². The number of carbonyl (C=O) groups is 4. The summed E-state index contributed by atoms with van der Waals surface area (Å²) in [6, 6.07) is 0. The molecule has 1 saturated heterocycles. The second kappa shape index (κ2) is 49.6. The Bertz CT molecular complexity index is 1460. The summed E-state index contributed by atoms with van der Waals surface area (Å²) in [6.07, 6.45) is 46.6. The van der Waals surface area contributed by atoms with Gasteiger partial charge in [0.25, 0.3) is 0 Å². The number of aliphatic carboxylic acids is 1. The molecule has 0 aromatic rings. The molecule has 1 aliphatic heterocycles. The van der Waals surface area contributed by atoms with E-state index in [1.807, 2.05) is 0 Å². The van der Waals surface area contributed by atoms with Crippen LogP contribution in [0.3, 0.4) is 0 Å². The van der Waals surface area contributed by atoms with Crippen LogP contribution in [0.25, 0.3) is 0 Å². The highest BCUT2D eigenvalue weighted by Crippen LogP contribution is 2.26. The first-order chi connectivity index (χ1) is 35.6. The lowest BCUT2D eigenvalue weighted by molar-refractivity contribution is -0.301. The Morgan fingerprint density at radius 2 is 0.863 bits per heavy atom. The van der Waals surface area contributed by atoms with E-state index in [4.69, 9.17) is 23.7 Å². The molecular formula is C61H106O12. The van der Waals surface area contributed by atoms with Crippen LogP contribution in [-0.2, 0) is 42.9 Å². The number of allylic oxidation sites excluding steroid dienone is 8. The molecule has 0 saturated carbocycles. The molecule has 0 aromatic heterocycles. The maximum absolute atomic E-state index is 13.1. The zero-order valence-corrected chi connectivity index (χ0v) is 46.4. The number of unbranched alkanes of at least 4 members (excludes halogenated alkanes) is 28. The number of ether oxygens (including phenoxy) is 5. The van der Waals surface area contributed by atoms with E-state index in [0.717, 1.165) is 103 Å². The highest BCUT2D eigenvalue weighted by Gasteiger charge is 2.50. The normalized spacial score (nSPS) is 18.6. The van der Waals surface area contributed by atoms with Crippen molar-refractivity contribution in [3.8, 4) is 0 Å². The Balaban J connectivity index is 2.69. The third kappa shape index (κ3) is 39.7.